The first-order chi connectivity index (χ1) is 47.4. The standard InChI is InChI=1S/C23H28N6O7.C17H23N5O5.C12H14N4O3.C11H16N2O4.ClHN2/c1-23(2,3)36-22(33)24-13-8-15(27(4)10-13)19(30)26-17-12-29(6)18(25-17)21(32)35-14-9-16(20(31)34-7)28(5)11-14;1-17(2,3)27-16(25)20-12-9-22(5)13(19-12)14(23)18-10-7-11(15(24)26-6)21(4)8-10;1-15-5-4-13-10(15)11(17)14-8-6-9(12(18)19-3)16(2)7-8;1-11(2,3)17-10(16)12-7-5-8(9(14)15)13(4)6-7;1-3-2/h8-12H,1-7H3,(H,24,33)(H,26,30);7-9H,1-6H3,(H,18,23)(H,20,25);4-7H,1-3H3,(H,14,17);5-6H,1-4H3,(H,12,16)(H,14,15);2H. The van der Waals surface area contributed by atoms with Crippen LogP contribution in [0.1, 0.15) is 147 Å². The molecule has 0 saturated heterocycles. The summed E-state index contributed by atoms with van der Waals surface area (Å²) in [7, 11) is 16.9. The van der Waals surface area contributed by atoms with Crippen molar-refractivity contribution < 1.29 is 91.0 Å². The number of carbonyl (C=O) groups excluding carboxylic acids is 10. The number of aryl methyl sites for hydroxylation is 8. The molecule has 8 rings (SSSR count). The summed E-state index contributed by atoms with van der Waals surface area (Å²) in [6, 6.07) is 7.25. The largest absolute Gasteiger partial charge is 0.477 e. The van der Waals surface area contributed by atoms with Crippen LogP contribution < -0.4 is 36.6 Å². The number of aromatic nitrogens is 11. The minimum atomic E-state index is -1.05. The van der Waals surface area contributed by atoms with E-state index in [-0.39, 0.29) is 52.0 Å². The van der Waals surface area contributed by atoms with E-state index in [0.717, 1.165) is 0 Å². The molecule has 0 bridgehead atoms. The van der Waals surface area contributed by atoms with E-state index in [2.05, 4.69) is 77.5 Å². The van der Waals surface area contributed by atoms with Crippen LogP contribution in [0.15, 0.2) is 90.7 Å². The molecule has 0 aromatic carbocycles. The number of carboxylic acids is 1. The summed E-state index contributed by atoms with van der Waals surface area (Å²) in [6.45, 7) is 15.7. The van der Waals surface area contributed by atoms with Crippen molar-refractivity contribution >= 4 is 112 Å². The zero-order valence-corrected chi connectivity index (χ0v) is 60.4. The topological polar surface area (TPSA) is 459 Å². The maximum Gasteiger partial charge on any atom is 0.413 e. The number of halogens is 1. The van der Waals surface area contributed by atoms with Crippen LogP contribution >= 0.6 is 11.8 Å². The molecule has 0 unspecified atom stereocenters. The van der Waals surface area contributed by atoms with Crippen LogP contribution in [0.4, 0.5) is 48.8 Å². The number of esters is 4. The first-order valence-electron chi connectivity index (χ1n) is 29.9. The van der Waals surface area contributed by atoms with Crippen LogP contribution in [0.3, 0.4) is 0 Å². The van der Waals surface area contributed by atoms with Crippen molar-refractivity contribution in [1.29, 1.82) is 5.53 Å². The Bertz CT molecular complexity index is 4380. The molecule has 0 aliphatic carbocycles. The number of ether oxygens (including phenoxy) is 7. The number of imidazole rings is 3. The predicted octanol–water partition coefficient (Wildman–Crippen LogP) is 8.89. The van der Waals surface area contributed by atoms with Crippen molar-refractivity contribution in [2.45, 2.75) is 79.1 Å². The van der Waals surface area contributed by atoms with E-state index in [9.17, 15) is 52.7 Å². The van der Waals surface area contributed by atoms with E-state index in [0.29, 0.717) is 40.0 Å². The Labute approximate surface area is 589 Å². The minimum Gasteiger partial charge on any atom is -0.477 e. The number of hydrogen-bond donors (Lipinski definition) is 8. The summed E-state index contributed by atoms with van der Waals surface area (Å²) in [5, 5.41) is 24.3. The molecule has 8 aromatic rings. The molecule has 550 valence electrons. The average Bonchev–Trinajstić information content (AvgIpc) is 1.69. The summed E-state index contributed by atoms with van der Waals surface area (Å²) >= 11 is 4.29. The van der Waals surface area contributed by atoms with Crippen molar-refractivity contribution in [2.75, 3.05) is 53.2 Å². The second-order valence-corrected chi connectivity index (χ2v) is 24.7. The molecule has 8 aromatic heterocycles. The number of methoxy groups -OCH3 is 3. The third kappa shape index (κ3) is 24.8. The lowest BCUT2D eigenvalue weighted by atomic mass is 10.2. The van der Waals surface area contributed by atoms with E-state index < -0.39 is 76.7 Å². The molecule has 0 spiro atoms. The maximum atomic E-state index is 12.8. The number of aromatic carboxylic acids is 1. The lowest BCUT2D eigenvalue weighted by molar-refractivity contribution is 0.0581. The summed E-state index contributed by atoms with van der Waals surface area (Å²) in [5.41, 5.74) is 6.56. The number of rotatable bonds is 15. The quantitative estimate of drug-likeness (QED) is 0.0270. The van der Waals surface area contributed by atoms with E-state index >= 15 is 0 Å². The normalized spacial score (nSPS) is 10.7. The van der Waals surface area contributed by atoms with Crippen molar-refractivity contribution in [1.82, 2.24) is 51.5 Å². The van der Waals surface area contributed by atoms with Gasteiger partial charge in [-0.25, -0.2) is 53.3 Å². The SMILES string of the molecule is COC(=O)c1cc(NC(=O)c2nc(NC(=O)OC(C)(C)C)cn2C)cn1C.COC(=O)c1cc(NC(=O)c2nccn2C)cn1C.COC(=O)c1cc(OC(=O)c2nc(NC(=O)c3cc(NC(=O)OC(C)(C)C)cn3C)cn2C)cn1C.Cn1cc(NC(=O)OC(C)(C)C)cc1C(=O)O.N=NCl. The molecular weight excluding hydrogens is 1360 g/mol. The summed E-state index contributed by atoms with van der Waals surface area (Å²) in [5.74, 6) is -4.03. The molecule has 0 saturated carbocycles. The Morgan fingerprint density at radius 1 is 0.422 bits per heavy atom. The molecular formula is C63H82ClN19O19. The van der Waals surface area contributed by atoms with Gasteiger partial charge in [-0.15, -0.1) is 0 Å². The van der Waals surface area contributed by atoms with Gasteiger partial charge in [-0.1, -0.05) is 4.63 Å². The molecule has 39 heteroatoms. The molecule has 38 nitrogen and oxygen atoms in total. The monoisotopic (exact) mass is 1440 g/mol. The van der Waals surface area contributed by atoms with Crippen LogP contribution in [0.25, 0.3) is 0 Å². The van der Waals surface area contributed by atoms with Crippen LogP contribution in [-0.2, 0) is 84.8 Å². The molecule has 0 aliphatic heterocycles. The maximum absolute atomic E-state index is 12.8. The minimum absolute atomic E-state index is 0.0736. The smallest absolute Gasteiger partial charge is 0.413 e. The van der Waals surface area contributed by atoms with Gasteiger partial charge < -0.3 is 90.8 Å². The van der Waals surface area contributed by atoms with Crippen molar-refractivity contribution in [3.8, 4) is 5.75 Å². The van der Waals surface area contributed by atoms with Crippen molar-refractivity contribution in [3.05, 3.63) is 132 Å². The lowest BCUT2D eigenvalue weighted by Crippen LogP contribution is -2.27. The van der Waals surface area contributed by atoms with Gasteiger partial charge >= 0.3 is 48.1 Å². The van der Waals surface area contributed by atoms with Gasteiger partial charge in [-0.3, -0.25) is 30.3 Å². The Morgan fingerprint density at radius 2 is 0.765 bits per heavy atom. The van der Waals surface area contributed by atoms with Crippen LogP contribution in [0, 0.1) is 5.53 Å². The van der Waals surface area contributed by atoms with E-state index in [1.807, 2.05) is 0 Å². The Morgan fingerprint density at radius 3 is 1.17 bits per heavy atom. The van der Waals surface area contributed by atoms with Gasteiger partial charge in [0.05, 0.1) is 55.9 Å². The number of amides is 6. The van der Waals surface area contributed by atoms with Crippen LogP contribution in [-0.4, -0.2) is 161 Å². The second kappa shape index (κ2) is 35.3. The molecule has 8 N–H and O–H groups in total. The van der Waals surface area contributed by atoms with Crippen molar-refractivity contribution in [2.24, 2.45) is 61.0 Å². The fourth-order valence-electron chi connectivity index (χ4n) is 8.48. The van der Waals surface area contributed by atoms with E-state index in [1.54, 1.807) is 165 Å². The molecule has 0 aliphatic rings. The first-order valence-corrected chi connectivity index (χ1v) is 30.2. The summed E-state index contributed by atoms with van der Waals surface area (Å²) < 4.78 is 48.9. The van der Waals surface area contributed by atoms with Gasteiger partial charge in [-0.05, 0) is 86.6 Å². The predicted molar refractivity (Wildman–Crippen MR) is 367 cm³/mol. The highest BCUT2D eigenvalue weighted by atomic mass is 35.5. The highest BCUT2D eigenvalue weighted by Crippen LogP contribution is 2.23. The van der Waals surface area contributed by atoms with E-state index in [1.165, 1.54) is 97.8 Å². The second-order valence-electron chi connectivity index (χ2n) is 24.6. The third-order valence-electron chi connectivity index (χ3n) is 12.7. The summed E-state index contributed by atoms with van der Waals surface area (Å²) in [6.07, 6.45) is 12.0. The molecule has 8 heterocycles. The van der Waals surface area contributed by atoms with Crippen molar-refractivity contribution in [3.63, 3.8) is 0 Å². The first kappa shape index (κ1) is 81.9. The van der Waals surface area contributed by atoms with Crippen LogP contribution in [0.2, 0.25) is 0 Å². The van der Waals surface area contributed by atoms with Gasteiger partial charge in [-0.2, -0.15) is 5.53 Å². The number of carboxylic acid groups (broad SMARTS) is 1. The fourth-order valence-corrected chi connectivity index (χ4v) is 8.48. The molecule has 0 atom stereocenters. The van der Waals surface area contributed by atoms with Gasteiger partial charge in [0.1, 0.15) is 51.0 Å². The lowest BCUT2D eigenvalue weighted by Gasteiger charge is -2.19. The Balaban J connectivity index is 0.000000296. The average molecular weight is 1440 g/mol. The van der Waals surface area contributed by atoms with Gasteiger partial charge in [0.25, 0.3) is 17.7 Å². The number of hydrogen-bond acceptors (Lipinski definition) is 23. The van der Waals surface area contributed by atoms with Gasteiger partial charge in [0.15, 0.2) is 17.5 Å². The van der Waals surface area contributed by atoms with Gasteiger partial charge in [0.2, 0.25) is 11.6 Å². The number of carbonyl (C=O) groups is 11. The van der Waals surface area contributed by atoms with Gasteiger partial charge in [0, 0.05) is 118 Å². The molecule has 0 radical (unpaired) electrons. The molecule has 0 fully saturated rings. The van der Waals surface area contributed by atoms with E-state index in [4.69, 9.17) is 29.6 Å². The Hall–Kier alpha value is -12.5. The zero-order chi connectivity index (χ0) is 77.1. The molecule has 6 amide bonds. The highest BCUT2D eigenvalue weighted by Gasteiger charge is 2.26. The fraction of sp³-hybridized carbons (Fsp3) is 0.365. The number of anilines is 6. The van der Waals surface area contributed by atoms with Crippen LogP contribution in [0.5, 0.6) is 5.75 Å². The Kier molecular flexibility index (Phi) is 28.4. The molecule has 102 heavy (non-hydrogen) atoms. The number of nitrogens with zero attached hydrogens (tertiary/aromatic N) is 12. The highest BCUT2D eigenvalue weighted by molar-refractivity contribution is 6.13. The zero-order valence-electron chi connectivity index (χ0n) is 59.6. The third-order valence-corrected chi connectivity index (χ3v) is 12.7. The summed E-state index contributed by atoms with van der Waals surface area (Å²) in [4.78, 5) is 143. The number of nitrogens with one attached hydrogen (secondary N) is 7.